The average molecular weight is 478 g/mol. The van der Waals surface area contributed by atoms with E-state index in [9.17, 15) is 21.8 Å². The topological polar surface area (TPSA) is 59.2 Å². The Balaban J connectivity index is 1.86. The van der Waals surface area contributed by atoms with E-state index < -0.39 is 34.8 Å². The maximum atomic E-state index is 14.5. The molecule has 0 aliphatic heterocycles. The lowest BCUT2D eigenvalue weighted by Crippen LogP contribution is -2.24. The second kappa shape index (κ2) is 8.00. The summed E-state index contributed by atoms with van der Waals surface area (Å²) in [6.07, 6.45) is -3.31. The Bertz CT molecular complexity index is 1010. The van der Waals surface area contributed by atoms with Crippen molar-refractivity contribution in [2.45, 2.75) is 12.7 Å². The minimum Gasteiger partial charge on any atom is -0.413 e. The van der Waals surface area contributed by atoms with Crippen molar-refractivity contribution in [2.24, 2.45) is 0 Å². The highest BCUT2D eigenvalue weighted by molar-refractivity contribution is 9.10. The summed E-state index contributed by atoms with van der Waals surface area (Å²) in [4.78, 5) is 0. The molecule has 0 bridgehead atoms. The van der Waals surface area contributed by atoms with Crippen LogP contribution in [-0.2, 0) is 23.7 Å². The van der Waals surface area contributed by atoms with Crippen LogP contribution < -0.4 is 4.31 Å². The first-order valence-corrected chi connectivity index (χ1v) is 10.0. The standard InChI is InChI=1S/C17H12BrF4N3O2S/c1-28(26)25(13-6-4-12(18)5-7-13)9-11-3-2-10(8-14(11)19)15-23-24-16(27-15)17(20,21)22/h2-8H,9H2,1H3. The monoisotopic (exact) mass is 477 g/mol. The third-order valence-electron chi connectivity index (χ3n) is 3.71. The Hall–Kier alpha value is -2.27. The molecule has 28 heavy (non-hydrogen) atoms. The fraction of sp³-hybridized carbons (Fsp3) is 0.176. The van der Waals surface area contributed by atoms with Gasteiger partial charge in [-0.05, 0) is 36.4 Å². The van der Waals surface area contributed by atoms with Gasteiger partial charge in [-0.15, -0.1) is 10.2 Å². The van der Waals surface area contributed by atoms with Gasteiger partial charge in [0.15, 0.2) is 0 Å². The summed E-state index contributed by atoms with van der Waals surface area (Å²) < 4.78 is 71.2. The van der Waals surface area contributed by atoms with Crippen molar-refractivity contribution in [3.05, 3.63) is 64.2 Å². The lowest BCUT2D eigenvalue weighted by molar-refractivity contribution is -0.156. The summed E-state index contributed by atoms with van der Waals surface area (Å²) in [6, 6.07) is 10.7. The summed E-state index contributed by atoms with van der Waals surface area (Å²) in [7, 11) is -1.43. The summed E-state index contributed by atoms with van der Waals surface area (Å²) in [5, 5.41) is 6.22. The van der Waals surface area contributed by atoms with Crippen LogP contribution in [-0.4, -0.2) is 20.7 Å². The Morgan fingerprint density at radius 1 is 1.14 bits per heavy atom. The van der Waals surface area contributed by atoms with Gasteiger partial charge in [0, 0.05) is 27.5 Å². The molecule has 1 unspecified atom stereocenters. The van der Waals surface area contributed by atoms with E-state index >= 15 is 0 Å². The zero-order valence-corrected chi connectivity index (χ0v) is 16.6. The highest BCUT2D eigenvalue weighted by atomic mass is 79.9. The highest BCUT2D eigenvalue weighted by Gasteiger charge is 2.38. The third-order valence-corrected chi connectivity index (χ3v) is 5.20. The van der Waals surface area contributed by atoms with E-state index in [4.69, 9.17) is 0 Å². The van der Waals surface area contributed by atoms with Gasteiger partial charge >= 0.3 is 12.1 Å². The molecule has 0 N–H and O–H groups in total. The molecule has 0 fully saturated rings. The highest BCUT2D eigenvalue weighted by Crippen LogP contribution is 2.31. The van der Waals surface area contributed by atoms with Gasteiger partial charge < -0.3 is 4.42 Å². The van der Waals surface area contributed by atoms with Crippen molar-refractivity contribution in [3.63, 3.8) is 0 Å². The van der Waals surface area contributed by atoms with E-state index in [0.29, 0.717) is 5.69 Å². The molecular weight excluding hydrogens is 466 g/mol. The molecule has 3 aromatic rings. The quantitative estimate of drug-likeness (QED) is 0.487. The van der Waals surface area contributed by atoms with Crippen LogP contribution in [0.1, 0.15) is 11.5 Å². The van der Waals surface area contributed by atoms with Crippen LogP contribution in [0.25, 0.3) is 11.5 Å². The zero-order chi connectivity index (χ0) is 20.5. The molecule has 0 aliphatic carbocycles. The minimum atomic E-state index is -4.78. The number of hydrogen-bond donors (Lipinski definition) is 0. The molecule has 0 spiro atoms. The van der Waals surface area contributed by atoms with Gasteiger partial charge in [0.05, 0.1) is 6.54 Å². The number of aromatic nitrogens is 2. The molecule has 11 heteroatoms. The number of nitrogens with zero attached hydrogens (tertiary/aromatic N) is 3. The van der Waals surface area contributed by atoms with E-state index in [1.165, 1.54) is 22.7 Å². The molecule has 2 aromatic carbocycles. The molecule has 0 aliphatic rings. The maximum absolute atomic E-state index is 14.5. The van der Waals surface area contributed by atoms with E-state index in [0.717, 1.165) is 10.5 Å². The van der Waals surface area contributed by atoms with Crippen molar-refractivity contribution in [1.29, 1.82) is 0 Å². The van der Waals surface area contributed by atoms with E-state index in [1.807, 2.05) is 0 Å². The van der Waals surface area contributed by atoms with Crippen molar-refractivity contribution >= 4 is 32.6 Å². The first-order chi connectivity index (χ1) is 13.1. The van der Waals surface area contributed by atoms with Crippen LogP contribution in [0.15, 0.2) is 51.4 Å². The average Bonchev–Trinajstić information content (AvgIpc) is 3.12. The molecule has 0 radical (unpaired) electrons. The lowest BCUT2D eigenvalue weighted by atomic mass is 10.1. The van der Waals surface area contributed by atoms with Crippen LogP contribution in [0.2, 0.25) is 0 Å². The second-order valence-corrected chi connectivity index (χ2v) is 7.86. The summed E-state index contributed by atoms with van der Waals surface area (Å²) >= 11 is 3.31. The third kappa shape index (κ3) is 4.58. The SMILES string of the molecule is CS(=O)N(Cc1ccc(-c2nnc(C(F)(F)F)o2)cc1F)c1ccc(Br)cc1. The van der Waals surface area contributed by atoms with E-state index in [2.05, 4.69) is 30.5 Å². The summed E-state index contributed by atoms with van der Waals surface area (Å²) in [5.74, 6) is -2.65. The lowest BCUT2D eigenvalue weighted by Gasteiger charge is -2.22. The predicted octanol–water partition coefficient (Wildman–Crippen LogP) is 4.96. The van der Waals surface area contributed by atoms with Crippen LogP contribution in [0.3, 0.4) is 0 Å². The summed E-state index contributed by atoms with van der Waals surface area (Å²) in [5.41, 5.74) is 0.841. The number of benzene rings is 2. The van der Waals surface area contributed by atoms with Crippen molar-refractivity contribution in [1.82, 2.24) is 10.2 Å². The predicted molar refractivity (Wildman–Crippen MR) is 99.1 cm³/mol. The summed E-state index contributed by atoms with van der Waals surface area (Å²) in [6.45, 7) is -0.00547. The number of halogens is 5. The second-order valence-electron chi connectivity index (χ2n) is 5.65. The zero-order valence-electron chi connectivity index (χ0n) is 14.2. The minimum absolute atomic E-state index is 0.00547. The van der Waals surface area contributed by atoms with Gasteiger partial charge in [0.25, 0.3) is 0 Å². The molecule has 1 atom stereocenters. The number of hydrogen-bond acceptors (Lipinski definition) is 4. The van der Waals surface area contributed by atoms with Gasteiger partial charge in [-0.25, -0.2) is 8.60 Å². The smallest absolute Gasteiger partial charge is 0.413 e. The number of alkyl halides is 3. The van der Waals surface area contributed by atoms with Gasteiger partial charge in [-0.1, -0.05) is 22.0 Å². The van der Waals surface area contributed by atoms with Gasteiger partial charge in [-0.3, -0.25) is 4.31 Å². The molecule has 0 amide bonds. The van der Waals surface area contributed by atoms with Crippen molar-refractivity contribution < 1.29 is 26.2 Å². The first kappa shape index (κ1) is 20.5. The van der Waals surface area contributed by atoms with Crippen LogP contribution in [0, 0.1) is 5.82 Å². The van der Waals surface area contributed by atoms with Crippen molar-refractivity contribution in [2.75, 3.05) is 10.6 Å². The van der Waals surface area contributed by atoms with Crippen LogP contribution in [0.5, 0.6) is 0 Å². The maximum Gasteiger partial charge on any atom is 0.470 e. The van der Waals surface area contributed by atoms with Crippen molar-refractivity contribution in [3.8, 4) is 11.5 Å². The Morgan fingerprint density at radius 2 is 1.82 bits per heavy atom. The fourth-order valence-electron chi connectivity index (χ4n) is 2.36. The Morgan fingerprint density at radius 3 is 2.36 bits per heavy atom. The number of rotatable bonds is 5. The van der Waals surface area contributed by atoms with Gasteiger partial charge in [0.1, 0.15) is 16.8 Å². The first-order valence-electron chi connectivity index (χ1n) is 7.71. The Labute approximate surface area is 168 Å². The molecule has 1 aromatic heterocycles. The number of anilines is 1. The fourth-order valence-corrected chi connectivity index (χ4v) is 3.36. The molecule has 0 saturated heterocycles. The molecule has 148 valence electrons. The molecule has 5 nitrogen and oxygen atoms in total. The van der Waals surface area contributed by atoms with Gasteiger partial charge in [0.2, 0.25) is 5.89 Å². The Kier molecular flexibility index (Phi) is 5.84. The molecular formula is C17H12BrF4N3O2S. The van der Waals surface area contributed by atoms with Gasteiger partial charge in [-0.2, -0.15) is 13.2 Å². The van der Waals surface area contributed by atoms with Crippen LogP contribution in [0.4, 0.5) is 23.2 Å². The largest absolute Gasteiger partial charge is 0.470 e. The molecule has 1 heterocycles. The van der Waals surface area contributed by atoms with Crippen LogP contribution >= 0.6 is 15.9 Å². The molecule has 3 rings (SSSR count). The van der Waals surface area contributed by atoms with E-state index in [1.54, 1.807) is 24.3 Å². The molecule has 0 saturated carbocycles. The van der Waals surface area contributed by atoms with E-state index in [-0.39, 0.29) is 17.7 Å². The normalized spacial score (nSPS) is 12.8.